The van der Waals surface area contributed by atoms with Gasteiger partial charge in [-0.15, -0.1) is 11.3 Å². The Balaban J connectivity index is 1.26. The number of allylic oxidation sites excluding steroid dienone is 2. The van der Waals surface area contributed by atoms with Gasteiger partial charge in [0.25, 0.3) is 11.8 Å². The number of hydrogen-bond donors (Lipinski definition) is 4. The Labute approximate surface area is 365 Å². The number of aromatic nitrogens is 7. The third kappa shape index (κ3) is 9.39. The third-order valence-corrected chi connectivity index (χ3v) is 11.5. The Kier molecular flexibility index (Phi) is 13.5. The van der Waals surface area contributed by atoms with Crippen molar-refractivity contribution in [2.75, 3.05) is 57.2 Å². The van der Waals surface area contributed by atoms with E-state index in [9.17, 15) is 19.2 Å². The number of anilines is 2. The van der Waals surface area contributed by atoms with Gasteiger partial charge in [-0.3, -0.25) is 39.4 Å². The van der Waals surface area contributed by atoms with Gasteiger partial charge in [0.05, 0.1) is 54.4 Å². The van der Waals surface area contributed by atoms with Crippen LogP contribution in [0.4, 0.5) is 16.3 Å². The minimum absolute atomic E-state index is 0.0276. The maximum atomic E-state index is 15.2. The monoisotopic (exact) mass is 884 g/mol. The second-order valence-corrected chi connectivity index (χ2v) is 15.9. The molecule has 4 aromatic heterocycles. The van der Waals surface area contributed by atoms with E-state index in [0.717, 1.165) is 24.6 Å². The van der Waals surface area contributed by atoms with Crippen LogP contribution in [0.25, 0.3) is 22.1 Å². The van der Waals surface area contributed by atoms with Crippen LogP contribution in [0, 0.1) is 19.7 Å². The van der Waals surface area contributed by atoms with E-state index in [1.165, 1.54) is 42.2 Å². The molecule has 1 aliphatic heterocycles. The Morgan fingerprint density at radius 2 is 1.46 bits per heavy atom. The number of imidazole rings is 2. The average molecular weight is 885 g/mol. The van der Waals surface area contributed by atoms with Crippen molar-refractivity contribution in [3.8, 4) is 11.5 Å². The Hall–Kier alpha value is -6.71. The van der Waals surface area contributed by atoms with Crippen LogP contribution in [-0.4, -0.2) is 109 Å². The van der Waals surface area contributed by atoms with Crippen LogP contribution in [0.2, 0.25) is 0 Å². The summed E-state index contributed by atoms with van der Waals surface area (Å²) in [5.74, 6) is -2.53. The minimum Gasteiger partial charge on any atom is -0.494 e. The topological polar surface area (TPSA) is 242 Å². The summed E-state index contributed by atoms with van der Waals surface area (Å²) in [7, 11) is 1.42. The van der Waals surface area contributed by atoms with Gasteiger partial charge in [-0.25, -0.2) is 19.3 Å². The number of fused-ring (bicyclic) bond motifs is 2. The standard InChI is InChI=1S/C42H49FN12O7S/c1-6-27-36(63-24(4)46-27)40(59)50-42-48-29-20-26(38(45)57)22-31(62-16-10-11-52-14-17-61-18-15-52)34(29)54(42)13-9-8-12-53-33-28(19-25(37(44)56)21-30(33)60-5)47-41(53)49-39(58)35-32(43)23(3)51-55(35)7-2/h8-9,19-22H,6-7,10-18H2,1-5H3,(H2,44,56)(H2,45,57)(H,47,49,58)(H,48,50,59). The first kappa shape index (κ1) is 44.3. The zero-order chi connectivity index (χ0) is 44.9. The number of rotatable bonds is 18. The highest BCUT2D eigenvalue weighted by molar-refractivity contribution is 7.13. The van der Waals surface area contributed by atoms with Gasteiger partial charge in [-0.1, -0.05) is 19.1 Å². The van der Waals surface area contributed by atoms with Gasteiger partial charge >= 0.3 is 0 Å². The fraction of sp³-hybridized carbons (Fsp3) is 0.381. The van der Waals surface area contributed by atoms with E-state index >= 15 is 4.39 Å². The Morgan fingerprint density at radius 3 is 2.03 bits per heavy atom. The number of hydrogen-bond acceptors (Lipinski definition) is 13. The molecule has 19 nitrogen and oxygen atoms in total. The maximum Gasteiger partial charge on any atom is 0.279 e. The van der Waals surface area contributed by atoms with Crippen LogP contribution in [0.5, 0.6) is 11.5 Å². The number of nitrogens with two attached hydrogens (primary N) is 2. The van der Waals surface area contributed by atoms with E-state index in [2.05, 4.69) is 30.6 Å². The number of morpholine rings is 1. The second-order valence-electron chi connectivity index (χ2n) is 14.7. The number of halogens is 1. The molecule has 0 saturated carbocycles. The van der Waals surface area contributed by atoms with Crippen molar-refractivity contribution in [1.29, 1.82) is 0 Å². The zero-order valence-electron chi connectivity index (χ0n) is 35.6. The first-order valence-corrected chi connectivity index (χ1v) is 21.2. The molecule has 2 aromatic carbocycles. The number of ether oxygens (including phenoxy) is 3. The number of aryl methyl sites for hydroxylation is 4. The summed E-state index contributed by atoms with van der Waals surface area (Å²) in [5, 5.41) is 10.6. The molecule has 1 fully saturated rings. The van der Waals surface area contributed by atoms with Gasteiger partial charge in [-0.05, 0) is 57.9 Å². The summed E-state index contributed by atoms with van der Waals surface area (Å²) in [6.07, 6.45) is 4.85. The van der Waals surface area contributed by atoms with E-state index in [-0.39, 0.29) is 65.3 Å². The number of methoxy groups -OCH3 is 1. The first-order valence-electron chi connectivity index (χ1n) is 20.4. The van der Waals surface area contributed by atoms with Crippen molar-refractivity contribution in [3.05, 3.63) is 80.3 Å². The molecule has 1 saturated heterocycles. The van der Waals surface area contributed by atoms with Crippen LogP contribution in [-0.2, 0) is 30.8 Å². The van der Waals surface area contributed by atoms with Crippen LogP contribution in [0.1, 0.15) is 77.5 Å². The van der Waals surface area contributed by atoms with Crippen LogP contribution < -0.4 is 31.6 Å². The predicted molar refractivity (Wildman–Crippen MR) is 234 cm³/mol. The summed E-state index contributed by atoms with van der Waals surface area (Å²) in [6, 6.07) is 6.07. The van der Waals surface area contributed by atoms with E-state index in [4.69, 9.17) is 30.7 Å². The lowest BCUT2D eigenvalue weighted by molar-refractivity contribution is 0.0358. The Bertz CT molecular complexity index is 2750. The number of thiazole rings is 1. The van der Waals surface area contributed by atoms with Crippen molar-refractivity contribution in [2.24, 2.45) is 11.5 Å². The maximum absolute atomic E-state index is 15.2. The largest absolute Gasteiger partial charge is 0.494 e. The van der Waals surface area contributed by atoms with Gasteiger partial charge < -0.3 is 34.8 Å². The normalized spacial score (nSPS) is 13.3. The smallest absolute Gasteiger partial charge is 0.279 e. The minimum atomic E-state index is -0.787. The number of carbonyl (C=O) groups is 4. The molecule has 4 amide bonds. The lowest BCUT2D eigenvalue weighted by atomic mass is 10.1. The number of amides is 4. The first-order chi connectivity index (χ1) is 30.3. The van der Waals surface area contributed by atoms with Gasteiger partial charge in [0.2, 0.25) is 23.7 Å². The molecule has 5 heterocycles. The molecule has 0 unspecified atom stereocenters. The van der Waals surface area contributed by atoms with E-state index in [0.29, 0.717) is 65.5 Å². The van der Waals surface area contributed by atoms with Gasteiger partial charge in [-0.2, -0.15) is 5.10 Å². The van der Waals surface area contributed by atoms with Gasteiger partial charge in [0.1, 0.15) is 27.4 Å². The van der Waals surface area contributed by atoms with Crippen molar-refractivity contribution >= 4 is 68.9 Å². The van der Waals surface area contributed by atoms with Gasteiger partial charge in [0, 0.05) is 50.4 Å². The molecule has 6 N–H and O–H groups in total. The van der Waals surface area contributed by atoms with Crippen molar-refractivity contribution in [1.82, 2.24) is 38.8 Å². The number of primary amides is 2. The lowest BCUT2D eigenvalue weighted by Crippen LogP contribution is -2.37. The SMILES string of the molecule is CCc1nc(C)sc1C(=O)Nc1nc2cc(C(N)=O)cc(OCCCN3CCOCC3)c2n1CC=CCn1c(NC(=O)c2c(F)c(C)nn2CC)nc2cc(C(N)=O)cc(OC)c21. The molecule has 0 radical (unpaired) electrons. The second kappa shape index (κ2) is 19.1. The highest BCUT2D eigenvalue weighted by Gasteiger charge is 2.26. The van der Waals surface area contributed by atoms with Crippen molar-refractivity contribution in [3.63, 3.8) is 0 Å². The molecular formula is C42H49FN12O7S. The summed E-state index contributed by atoms with van der Waals surface area (Å²) in [5.41, 5.74) is 13.7. The van der Waals surface area contributed by atoms with E-state index in [1.54, 1.807) is 34.3 Å². The summed E-state index contributed by atoms with van der Waals surface area (Å²) in [6.45, 7) is 11.5. The van der Waals surface area contributed by atoms with E-state index in [1.807, 2.05) is 19.9 Å². The molecule has 63 heavy (non-hydrogen) atoms. The highest BCUT2D eigenvalue weighted by atomic mass is 32.1. The number of nitrogens with zero attached hydrogens (tertiary/aromatic N) is 8. The summed E-state index contributed by atoms with van der Waals surface area (Å²) >= 11 is 1.28. The Morgan fingerprint density at radius 1 is 0.873 bits per heavy atom. The number of carbonyl (C=O) groups excluding carboxylic acids is 4. The van der Waals surface area contributed by atoms with Crippen LogP contribution in [0.15, 0.2) is 36.4 Å². The molecule has 21 heteroatoms. The molecular weight excluding hydrogens is 836 g/mol. The molecule has 332 valence electrons. The molecule has 0 aliphatic carbocycles. The third-order valence-electron chi connectivity index (χ3n) is 10.5. The predicted octanol–water partition coefficient (Wildman–Crippen LogP) is 4.45. The highest BCUT2D eigenvalue weighted by Crippen LogP contribution is 2.33. The average Bonchev–Trinajstić information content (AvgIpc) is 4.01. The summed E-state index contributed by atoms with van der Waals surface area (Å²) in [4.78, 5) is 68.9. The van der Waals surface area contributed by atoms with Crippen molar-refractivity contribution in [2.45, 2.75) is 60.2 Å². The lowest BCUT2D eigenvalue weighted by Gasteiger charge is -2.26. The van der Waals surface area contributed by atoms with Crippen molar-refractivity contribution < 1.29 is 37.8 Å². The quantitative estimate of drug-likeness (QED) is 0.0692. The fourth-order valence-corrected chi connectivity index (χ4v) is 8.33. The van der Waals surface area contributed by atoms with Crippen LogP contribution >= 0.6 is 11.3 Å². The van der Waals surface area contributed by atoms with E-state index < -0.39 is 29.4 Å². The zero-order valence-corrected chi connectivity index (χ0v) is 36.4. The van der Waals surface area contributed by atoms with Crippen LogP contribution in [0.3, 0.4) is 0 Å². The number of nitrogens with one attached hydrogen (secondary N) is 2. The fourth-order valence-electron chi connectivity index (χ4n) is 7.42. The van der Waals surface area contributed by atoms with Gasteiger partial charge in [0.15, 0.2) is 11.5 Å². The number of benzene rings is 2. The molecule has 1 aliphatic rings. The molecule has 7 rings (SSSR count). The summed E-state index contributed by atoms with van der Waals surface area (Å²) < 4.78 is 37.4. The molecule has 6 aromatic rings. The molecule has 0 bridgehead atoms. The molecule has 0 atom stereocenters. The molecule has 0 spiro atoms.